The van der Waals surface area contributed by atoms with Gasteiger partial charge in [-0.15, -0.1) is 0 Å². The summed E-state index contributed by atoms with van der Waals surface area (Å²) in [5.74, 6) is 0.479. The molecule has 0 fully saturated rings. The summed E-state index contributed by atoms with van der Waals surface area (Å²) in [4.78, 5) is 14.8. The number of H-pyrrole nitrogens is 1. The molecule has 0 aliphatic carbocycles. The molecule has 0 aliphatic rings. The van der Waals surface area contributed by atoms with E-state index in [0.29, 0.717) is 6.42 Å². The van der Waals surface area contributed by atoms with E-state index in [1.54, 1.807) is 12.6 Å². The van der Waals surface area contributed by atoms with Crippen molar-refractivity contribution in [1.29, 1.82) is 0 Å². The van der Waals surface area contributed by atoms with E-state index in [2.05, 4.69) is 58.8 Å². The summed E-state index contributed by atoms with van der Waals surface area (Å²) in [7, 11) is 1.68. The lowest BCUT2D eigenvalue weighted by atomic mass is 10.0. The van der Waals surface area contributed by atoms with Gasteiger partial charge in [-0.1, -0.05) is 42.5 Å². The zero-order valence-electron chi connectivity index (χ0n) is 18.7. The standard InChI is InChI=1S/C27H29N3O3/c1-33-22-13-11-21(12-14-22)27-24(23-4-2-3-5-25(23)29-27)16-17-28-18-20-8-6-19(7-9-20)10-15-26(31)30-32/h2-9,11-14,28-29,32H,10,15-18H2,1H3,(H,30,31). The summed E-state index contributed by atoms with van der Waals surface area (Å²) in [6.45, 7) is 1.63. The fraction of sp³-hybridized carbons (Fsp3) is 0.222. The van der Waals surface area contributed by atoms with Gasteiger partial charge in [0.2, 0.25) is 5.91 Å². The topological polar surface area (TPSA) is 86.4 Å². The molecule has 1 amide bonds. The number of hydroxylamine groups is 1. The van der Waals surface area contributed by atoms with E-state index in [1.165, 1.54) is 16.5 Å². The molecule has 6 heteroatoms. The molecule has 4 rings (SSSR count). The minimum Gasteiger partial charge on any atom is -0.497 e. The van der Waals surface area contributed by atoms with Crippen LogP contribution < -0.4 is 15.5 Å². The molecule has 6 nitrogen and oxygen atoms in total. The molecule has 33 heavy (non-hydrogen) atoms. The highest BCUT2D eigenvalue weighted by atomic mass is 16.5. The lowest BCUT2D eigenvalue weighted by molar-refractivity contribution is -0.129. The molecule has 0 unspecified atom stereocenters. The van der Waals surface area contributed by atoms with Crippen molar-refractivity contribution in [2.75, 3.05) is 13.7 Å². The first-order valence-electron chi connectivity index (χ1n) is 11.1. The Morgan fingerprint density at radius 3 is 2.39 bits per heavy atom. The molecule has 0 spiro atoms. The molecule has 0 saturated carbocycles. The minimum absolute atomic E-state index is 0.273. The molecule has 1 aromatic heterocycles. The monoisotopic (exact) mass is 443 g/mol. The zero-order valence-corrected chi connectivity index (χ0v) is 18.7. The van der Waals surface area contributed by atoms with Gasteiger partial charge in [-0.05, 0) is 72.0 Å². The third-order valence-corrected chi connectivity index (χ3v) is 5.86. The van der Waals surface area contributed by atoms with Crippen LogP contribution in [0.2, 0.25) is 0 Å². The number of methoxy groups -OCH3 is 1. The molecule has 4 aromatic rings. The van der Waals surface area contributed by atoms with Gasteiger partial charge in [0.15, 0.2) is 0 Å². The van der Waals surface area contributed by atoms with Gasteiger partial charge >= 0.3 is 0 Å². The first-order valence-corrected chi connectivity index (χ1v) is 11.1. The van der Waals surface area contributed by atoms with E-state index in [-0.39, 0.29) is 12.3 Å². The van der Waals surface area contributed by atoms with Crippen LogP contribution in [-0.4, -0.2) is 29.8 Å². The van der Waals surface area contributed by atoms with Crippen molar-refractivity contribution in [3.8, 4) is 17.0 Å². The van der Waals surface area contributed by atoms with Crippen LogP contribution in [-0.2, 0) is 24.2 Å². The number of hydrogen-bond donors (Lipinski definition) is 4. The Hall–Kier alpha value is -3.61. The van der Waals surface area contributed by atoms with Crippen LogP contribution in [0.5, 0.6) is 5.75 Å². The number of ether oxygens (including phenoxy) is 1. The molecular formula is C27H29N3O3. The Bertz CT molecular complexity index is 1200. The first-order chi connectivity index (χ1) is 16.2. The maximum atomic E-state index is 11.2. The normalized spacial score (nSPS) is 11.0. The van der Waals surface area contributed by atoms with Gasteiger partial charge in [-0.3, -0.25) is 10.0 Å². The van der Waals surface area contributed by atoms with Gasteiger partial charge < -0.3 is 15.0 Å². The second-order valence-electron chi connectivity index (χ2n) is 8.03. The van der Waals surface area contributed by atoms with E-state index in [1.807, 2.05) is 24.3 Å². The molecule has 1 heterocycles. The predicted octanol–water partition coefficient (Wildman–Crippen LogP) is 4.61. The summed E-state index contributed by atoms with van der Waals surface area (Å²) in [6.07, 6.45) is 1.78. The second-order valence-corrected chi connectivity index (χ2v) is 8.03. The third-order valence-electron chi connectivity index (χ3n) is 5.86. The second kappa shape index (κ2) is 10.8. The van der Waals surface area contributed by atoms with Crippen LogP contribution >= 0.6 is 0 Å². The third kappa shape index (κ3) is 5.61. The molecule has 4 N–H and O–H groups in total. The van der Waals surface area contributed by atoms with Gasteiger partial charge in [-0.2, -0.15) is 0 Å². The number of hydrogen-bond acceptors (Lipinski definition) is 4. The number of carbonyl (C=O) groups excluding carboxylic acids is 1. The summed E-state index contributed by atoms with van der Waals surface area (Å²) in [6, 6.07) is 24.8. The fourth-order valence-electron chi connectivity index (χ4n) is 4.05. The highest BCUT2D eigenvalue weighted by Crippen LogP contribution is 2.31. The van der Waals surface area contributed by atoms with Crippen LogP contribution in [0.4, 0.5) is 0 Å². The van der Waals surface area contributed by atoms with Crippen LogP contribution in [0.25, 0.3) is 22.2 Å². The number of aromatic nitrogens is 1. The predicted molar refractivity (Wildman–Crippen MR) is 130 cm³/mol. The summed E-state index contributed by atoms with van der Waals surface area (Å²) in [5.41, 5.74) is 8.68. The van der Waals surface area contributed by atoms with E-state index >= 15 is 0 Å². The highest BCUT2D eigenvalue weighted by Gasteiger charge is 2.13. The number of carbonyl (C=O) groups is 1. The molecule has 0 saturated heterocycles. The van der Waals surface area contributed by atoms with Gasteiger partial charge in [0.25, 0.3) is 0 Å². The quantitative estimate of drug-likeness (QED) is 0.164. The number of rotatable bonds is 10. The van der Waals surface area contributed by atoms with Gasteiger partial charge in [0.05, 0.1) is 7.11 Å². The summed E-state index contributed by atoms with van der Waals surface area (Å²) in [5, 5.41) is 13.4. The molecule has 0 aliphatic heterocycles. The average molecular weight is 444 g/mol. The molecule has 0 radical (unpaired) electrons. The Morgan fingerprint density at radius 2 is 1.67 bits per heavy atom. The highest BCUT2D eigenvalue weighted by molar-refractivity contribution is 5.90. The SMILES string of the molecule is COc1ccc(-c2[nH]c3ccccc3c2CCNCc2ccc(CCC(=O)NO)cc2)cc1. The van der Waals surface area contributed by atoms with Crippen LogP contribution in [0.15, 0.2) is 72.8 Å². The number of benzene rings is 3. The first kappa shape index (κ1) is 22.6. The average Bonchev–Trinajstić information content (AvgIpc) is 3.24. The molecular weight excluding hydrogens is 414 g/mol. The number of fused-ring (bicyclic) bond motifs is 1. The van der Waals surface area contributed by atoms with Crippen LogP contribution in [0.1, 0.15) is 23.1 Å². The minimum atomic E-state index is -0.368. The van der Waals surface area contributed by atoms with Crippen LogP contribution in [0, 0.1) is 0 Å². The van der Waals surface area contributed by atoms with Crippen molar-refractivity contribution in [2.24, 2.45) is 0 Å². The van der Waals surface area contributed by atoms with E-state index in [4.69, 9.17) is 9.94 Å². The number of nitrogens with one attached hydrogen (secondary N) is 3. The van der Waals surface area contributed by atoms with Crippen molar-refractivity contribution in [1.82, 2.24) is 15.8 Å². The number of para-hydroxylation sites is 1. The van der Waals surface area contributed by atoms with Crippen molar-refractivity contribution in [3.05, 3.63) is 89.5 Å². The Labute approximate surface area is 193 Å². The van der Waals surface area contributed by atoms with Crippen molar-refractivity contribution in [3.63, 3.8) is 0 Å². The van der Waals surface area contributed by atoms with E-state index in [0.717, 1.165) is 47.6 Å². The molecule has 3 aromatic carbocycles. The lowest BCUT2D eigenvalue weighted by Gasteiger charge is -2.09. The Kier molecular flexibility index (Phi) is 7.40. The number of amides is 1. The van der Waals surface area contributed by atoms with Crippen molar-refractivity contribution in [2.45, 2.75) is 25.8 Å². The van der Waals surface area contributed by atoms with Gasteiger partial charge in [0.1, 0.15) is 5.75 Å². The maximum Gasteiger partial charge on any atom is 0.243 e. The van der Waals surface area contributed by atoms with Gasteiger partial charge in [-0.25, -0.2) is 5.48 Å². The van der Waals surface area contributed by atoms with E-state index < -0.39 is 0 Å². The number of aryl methyl sites for hydroxylation is 1. The Balaban J connectivity index is 1.39. The smallest absolute Gasteiger partial charge is 0.243 e. The summed E-state index contributed by atoms with van der Waals surface area (Å²) >= 11 is 0. The summed E-state index contributed by atoms with van der Waals surface area (Å²) < 4.78 is 5.30. The fourth-order valence-corrected chi connectivity index (χ4v) is 4.05. The largest absolute Gasteiger partial charge is 0.497 e. The molecule has 0 atom stereocenters. The lowest BCUT2D eigenvalue weighted by Crippen LogP contribution is -2.18. The van der Waals surface area contributed by atoms with E-state index in [9.17, 15) is 4.79 Å². The zero-order chi connectivity index (χ0) is 23.0. The van der Waals surface area contributed by atoms with Crippen molar-refractivity contribution < 1.29 is 14.7 Å². The number of aromatic amines is 1. The van der Waals surface area contributed by atoms with Crippen molar-refractivity contribution >= 4 is 16.8 Å². The maximum absolute atomic E-state index is 11.2. The molecule has 170 valence electrons. The molecule has 0 bridgehead atoms. The van der Waals surface area contributed by atoms with Crippen LogP contribution in [0.3, 0.4) is 0 Å². The van der Waals surface area contributed by atoms with Gasteiger partial charge in [0, 0.05) is 29.6 Å². The Morgan fingerprint density at radius 1 is 0.939 bits per heavy atom.